The van der Waals surface area contributed by atoms with Crippen LogP contribution in [0.1, 0.15) is 0 Å². The zero-order valence-electron chi connectivity index (χ0n) is 7.19. The molecule has 2 aromatic rings. The second kappa shape index (κ2) is 3.26. The third-order valence-corrected chi connectivity index (χ3v) is 1.69. The minimum Gasteiger partial charge on any atom is -0.472 e. The van der Waals surface area contributed by atoms with E-state index in [2.05, 4.69) is 15.3 Å². The Kier molecular flexibility index (Phi) is 1.96. The highest BCUT2D eigenvalue weighted by Gasteiger charge is 2.01. The third-order valence-electron chi connectivity index (χ3n) is 1.69. The van der Waals surface area contributed by atoms with Gasteiger partial charge in [-0.3, -0.25) is 0 Å². The Morgan fingerprint density at radius 1 is 1.38 bits per heavy atom. The molecule has 2 aromatic heterocycles. The molecule has 0 aliphatic carbocycles. The molecular formula is C9H9N3O. The van der Waals surface area contributed by atoms with Gasteiger partial charge in [0.2, 0.25) is 0 Å². The molecular weight excluding hydrogens is 166 g/mol. The summed E-state index contributed by atoms with van der Waals surface area (Å²) < 4.78 is 4.94. The van der Waals surface area contributed by atoms with Crippen LogP contribution in [0.15, 0.2) is 35.3 Å². The topological polar surface area (TPSA) is 51.0 Å². The highest BCUT2D eigenvalue weighted by molar-refractivity contribution is 5.54. The molecule has 0 spiro atoms. The van der Waals surface area contributed by atoms with Gasteiger partial charge in [0.25, 0.3) is 0 Å². The lowest BCUT2D eigenvalue weighted by Gasteiger charge is -1.99. The van der Waals surface area contributed by atoms with E-state index in [0.717, 1.165) is 11.4 Å². The molecule has 0 aliphatic rings. The highest BCUT2D eigenvalue weighted by atomic mass is 16.3. The lowest BCUT2D eigenvalue weighted by atomic mass is 10.3. The number of rotatable bonds is 2. The van der Waals surface area contributed by atoms with Crippen molar-refractivity contribution >= 4 is 5.82 Å². The molecule has 66 valence electrons. The van der Waals surface area contributed by atoms with Gasteiger partial charge in [-0.05, 0) is 12.1 Å². The minimum atomic E-state index is 0.667. The van der Waals surface area contributed by atoms with Crippen molar-refractivity contribution in [2.75, 3.05) is 12.4 Å². The van der Waals surface area contributed by atoms with E-state index in [0.29, 0.717) is 5.82 Å². The molecule has 13 heavy (non-hydrogen) atoms. The van der Waals surface area contributed by atoms with Crippen LogP contribution in [0.5, 0.6) is 0 Å². The van der Waals surface area contributed by atoms with Crippen LogP contribution in [-0.2, 0) is 0 Å². The minimum absolute atomic E-state index is 0.667. The van der Waals surface area contributed by atoms with Gasteiger partial charge in [-0.25, -0.2) is 9.97 Å². The van der Waals surface area contributed by atoms with Gasteiger partial charge in [-0.15, -0.1) is 0 Å². The van der Waals surface area contributed by atoms with Crippen molar-refractivity contribution in [1.82, 2.24) is 9.97 Å². The molecule has 0 unspecified atom stereocenters. The van der Waals surface area contributed by atoms with E-state index in [1.165, 1.54) is 0 Å². The summed E-state index contributed by atoms with van der Waals surface area (Å²) >= 11 is 0. The Balaban J connectivity index is 2.41. The fourth-order valence-electron chi connectivity index (χ4n) is 1.03. The molecule has 0 atom stereocenters. The average Bonchev–Trinajstić information content (AvgIpc) is 2.71. The summed E-state index contributed by atoms with van der Waals surface area (Å²) in [6.45, 7) is 0. The van der Waals surface area contributed by atoms with Crippen molar-refractivity contribution in [3.05, 3.63) is 30.9 Å². The Hall–Kier alpha value is -1.84. The van der Waals surface area contributed by atoms with Gasteiger partial charge in [0.15, 0.2) is 5.82 Å². The van der Waals surface area contributed by atoms with Crippen LogP contribution >= 0.6 is 0 Å². The maximum atomic E-state index is 4.94. The van der Waals surface area contributed by atoms with Crippen molar-refractivity contribution in [2.24, 2.45) is 0 Å². The molecule has 0 aliphatic heterocycles. The number of hydrogen-bond acceptors (Lipinski definition) is 4. The normalized spacial score (nSPS) is 9.92. The van der Waals surface area contributed by atoms with E-state index in [-0.39, 0.29) is 0 Å². The lowest BCUT2D eigenvalue weighted by molar-refractivity contribution is 0.568. The van der Waals surface area contributed by atoms with Gasteiger partial charge in [-0.1, -0.05) is 0 Å². The largest absolute Gasteiger partial charge is 0.472 e. The summed E-state index contributed by atoms with van der Waals surface area (Å²) in [5, 5.41) is 2.95. The summed E-state index contributed by atoms with van der Waals surface area (Å²) in [4.78, 5) is 8.37. The molecule has 0 amide bonds. The van der Waals surface area contributed by atoms with Crippen LogP contribution in [0.3, 0.4) is 0 Å². The monoisotopic (exact) mass is 175 g/mol. The van der Waals surface area contributed by atoms with E-state index < -0.39 is 0 Å². The van der Waals surface area contributed by atoms with Crippen molar-refractivity contribution in [3.8, 4) is 11.4 Å². The second-order valence-corrected chi connectivity index (χ2v) is 2.53. The van der Waals surface area contributed by atoms with Crippen LogP contribution in [0.25, 0.3) is 11.4 Å². The molecule has 0 saturated heterocycles. The fourth-order valence-corrected chi connectivity index (χ4v) is 1.03. The SMILES string of the molecule is CNc1ccnc(-c2ccoc2)n1. The molecule has 0 fully saturated rings. The predicted molar refractivity (Wildman–Crippen MR) is 49.3 cm³/mol. The molecule has 1 N–H and O–H groups in total. The maximum absolute atomic E-state index is 4.94. The van der Waals surface area contributed by atoms with Crippen LogP contribution in [0.2, 0.25) is 0 Å². The summed E-state index contributed by atoms with van der Waals surface area (Å²) in [6.07, 6.45) is 4.93. The van der Waals surface area contributed by atoms with Crippen molar-refractivity contribution in [3.63, 3.8) is 0 Å². The highest BCUT2D eigenvalue weighted by Crippen LogP contribution is 2.15. The zero-order chi connectivity index (χ0) is 9.10. The van der Waals surface area contributed by atoms with Crippen LogP contribution in [0, 0.1) is 0 Å². The van der Waals surface area contributed by atoms with Gasteiger partial charge in [0, 0.05) is 13.2 Å². The van der Waals surface area contributed by atoms with E-state index in [1.54, 1.807) is 18.7 Å². The Morgan fingerprint density at radius 2 is 2.31 bits per heavy atom. The van der Waals surface area contributed by atoms with Crippen molar-refractivity contribution < 1.29 is 4.42 Å². The molecule has 2 rings (SSSR count). The molecule has 0 aromatic carbocycles. The van der Waals surface area contributed by atoms with Gasteiger partial charge in [-0.2, -0.15) is 0 Å². The molecule has 0 bridgehead atoms. The zero-order valence-corrected chi connectivity index (χ0v) is 7.19. The first kappa shape index (κ1) is 7.79. The second-order valence-electron chi connectivity index (χ2n) is 2.53. The molecule has 4 heteroatoms. The summed E-state index contributed by atoms with van der Waals surface area (Å²) in [6, 6.07) is 3.64. The lowest BCUT2D eigenvalue weighted by Crippen LogP contribution is -1.94. The number of anilines is 1. The van der Waals surface area contributed by atoms with Crippen molar-refractivity contribution in [2.45, 2.75) is 0 Å². The number of furan rings is 1. The first-order chi connectivity index (χ1) is 6.40. The van der Waals surface area contributed by atoms with E-state index in [4.69, 9.17) is 4.42 Å². The summed E-state index contributed by atoms with van der Waals surface area (Å²) in [5.41, 5.74) is 0.886. The fraction of sp³-hybridized carbons (Fsp3) is 0.111. The third kappa shape index (κ3) is 1.51. The Labute approximate surface area is 75.6 Å². The standard InChI is InChI=1S/C9H9N3O/c1-10-8-2-4-11-9(12-8)7-3-5-13-6-7/h2-6H,1H3,(H,10,11,12). The van der Waals surface area contributed by atoms with Crippen molar-refractivity contribution in [1.29, 1.82) is 0 Å². The molecule has 0 saturated carbocycles. The molecule has 2 heterocycles. The van der Waals surface area contributed by atoms with Crippen LogP contribution in [-0.4, -0.2) is 17.0 Å². The number of hydrogen-bond donors (Lipinski definition) is 1. The van der Waals surface area contributed by atoms with Gasteiger partial charge in [0.05, 0.1) is 11.8 Å². The first-order valence-corrected chi connectivity index (χ1v) is 3.93. The number of nitrogens with zero attached hydrogens (tertiary/aromatic N) is 2. The maximum Gasteiger partial charge on any atom is 0.164 e. The summed E-state index contributed by atoms with van der Waals surface area (Å²) in [5.74, 6) is 1.46. The quantitative estimate of drug-likeness (QED) is 0.755. The smallest absolute Gasteiger partial charge is 0.164 e. The van der Waals surface area contributed by atoms with Crippen LogP contribution in [0.4, 0.5) is 5.82 Å². The Morgan fingerprint density at radius 3 is 3.00 bits per heavy atom. The van der Waals surface area contributed by atoms with E-state index in [9.17, 15) is 0 Å². The van der Waals surface area contributed by atoms with Gasteiger partial charge in [0.1, 0.15) is 12.1 Å². The predicted octanol–water partition coefficient (Wildman–Crippen LogP) is 1.78. The molecule has 0 radical (unpaired) electrons. The number of nitrogens with one attached hydrogen (secondary N) is 1. The molecule has 4 nitrogen and oxygen atoms in total. The summed E-state index contributed by atoms with van der Waals surface area (Å²) in [7, 11) is 1.82. The first-order valence-electron chi connectivity index (χ1n) is 3.93. The van der Waals surface area contributed by atoms with Crippen LogP contribution < -0.4 is 5.32 Å². The van der Waals surface area contributed by atoms with E-state index in [1.807, 2.05) is 19.2 Å². The Bertz CT molecular complexity index is 384. The van der Waals surface area contributed by atoms with Gasteiger partial charge >= 0.3 is 0 Å². The van der Waals surface area contributed by atoms with E-state index >= 15 is 0 Å². The van der Waals surface area contributed by atoms with Gasteiger partial charge < -0.3 is 9.73 Å². The average molecular weight is 175 g/mol. The number of aromatic nitrogens is 2.